The molecule has 0 aliphatic carbocycles. The molecule has 0 bridgehead atoms. The Labute approximate surface area is 79.7 Å². The minimum absolute atomic E-state index is 0. The summed E-state index contributed by atoms with van der Waals surface area (Å²) in [6, 6.07) is 0. The summed E-state index contributed by atoms with van der Waals surface area (Å²) in [5.41, 5.74) is 0. The van der Waals surface area contributed by atoms with E-state index in [1.807, 2.05) is 0 Å². The molecule has 0 aromatic heterocycles. The van der Waals surface area contributed by atoms with E-state index in [1.165, 1.54) is 0 Å². The molecular weight excluding hydrogens is 400 g/mol. The van der Waals surface area contributed by atoms with Crippen molar-refractivity contribution in [2.75, 3.05) is 0 Å². The van der Waals surface area contributed by atoms with Gasteiger partial charge in [-0.05, 0) is 0 Å². The fourth-order valence-electron chi connectivity index (χ4n) is 0. The first-order valence-electron chi connectivity index (χ1n) is 0. The normalized spacial score (nSPS) is 0. The predicted octanol–water partition coefficient (Wildman–Crippen LogP) is -0.388. The average molecular weight is 400 g/mol. The van der Waals surface area contributed by atoms with Gasteiger partial charge in [0.2, 0.25) is 0 Å². The van der Waals surface area contributed by atoms with Crippen LogP contribution >= 0.6 is 0 Å². The zero-order valence-electron chi connectivity index (χ0n) is 1.81. The van der Waals surface area contributed by atoms with Gasteiger partial charge in [-0.2, -0.15) is 0 Å². The molecule has 0 aliphatic heterocycles. The molecule has 0 unspecified atom stereocenters. The summed E-state index contributed by atoms with van der Waals surface area (Å²) in [5, 5.41) is 0. The molecule has 0 nitrogen and oxygen atoms in total. The third kappa shape index (κ3) is 8.82. The van der Waals surface area contributed by atoms with Crippen LogP contribution in [0.2, 0.25) is 0 Å². The van der Waals surface area contributed by atoms with Gasteiger partial charge >= 0.3 is 53.6 Å². The monoisotopic (exact) mass is 398 g/mol. The summed E-state index contributed by atoms with van der Waals surface area (Å²) in [4.78, 5) is 0. The Hall–Kier alpha value is 2.58. The summed E-state index contributed by atoms with van der Waals surface area (Å²) < 4.78 is 0. The van der Waals surface area contributed by atoms with Crippen LogP contribution in [0.15, 0.2) is 0 Å². The van der Waals surface area contributed by atoms with Crippen LogP contribution in [0.25, 0.3) is 0 Å². The summed E-state index contributed by atoms with van der Waals surface area (Å²) in [7, 11) is 0. The second-order valence-corrected chi connectivity index (χ2v) is 0. The van der Waals surface area contributed by atoms with Gasteiger partial charge < -0.3 is 0 Å². The van der Waals surface area contributed by atoms with E-state index >= 15 is 0 Å². The van der Waals surface area contributed by atoms with Gasteiger partial charge in [0.15, 0.2) is 0 Å². The summed E-state index contributed by atoms with van der Waals surface area (Å²) in [6.07, 6.45) is 0. The molecule has 0 rings (SSSR count). The Morgan fingerprint density at radius 2 is 0.750 bits per heavy atom. The van der Waals surface area contributed by atoms with Crippen LogP contribution in [-0.2, 0) is 53.6 Å². The van der Waals surface area contributed by atoms with Crippen molar-refractivity contribution in [3.63, 3.8) is 0 Å². The van der Waals surface area contributed by atoms with E-state index in [0.717, 1.165) is 0 Å². The van der Waals surface area contributed by atoms with E-state index in [1.54, 1.807) is 0 Å². The van der Waals surface area contributed by atoms with Crippen molar-refractivity contribution in [3.8, 4) is 0 Å². The Balaban J connectivity index is 0. The topological polar surface area (TPSA) is 0 Å². The molecule has 4 heteroatoms. The molecule has 0 heterocycles. The zero-order chi connectivity index (χ0) is 0. The molecule has 0 saturated carbocycles. The molecule has 0 N–H and O–H groups in total. The first-order chi connectivity index (χ1) is 0. The standard InChI is InChI=1S/2Cu.Pb.Zn/q2*+1;;+2. The quantitative estimate of drug-likeness (QED) is 0.487. The Morgan fingerprint density at radius 3 is 0.750 bits per heavy atom. The van der Waals surface area contributed by atoms with Crippen molar-refractivity contribution < 1.29 is 53.6 Å². The van der Waals surface area contributed by atoms with E-state index in [0.29, 0.717) is 0 Å². The molecule has 0 aliphatic rings. The molecule has 0 atom stereocenters. The van der Waals surface area contributed by atoms with Crippen LogP contribution in [0.3, 0.4) is 0 Å². The minimum atomic E-state index is 0. The van der Waals surface area contributed by atoms with Crippen LogP contribution in [0, 0.1) is 0 Å². The van der Waals surface area contributed by atoms with Gasteiger partial charge in [0.25, 0.3) is 0 Å². The number of hydrogen-bond donors (Lipinski definition) is 0. The van der Waals surface area contributed by atoms with E-state index < -0.39 is 0 Å². The average Bonchev–Trinajstić information content (AvgIpc) is 0. The summed E-state index contributed by atoms with van der Waals surface area (Å²) in [5.74, 6) is 0. The molecule has 0 aromatic carbocycles. The molecule has 0 aromatic rings. The second kappa shape index (κ2) is 17.6. The molecule has 0 amide bonds. The van der Waals surface area contributed by atoms with E-state index in [9.17, 15) is 0 Å². The summed E-state index contributed by atoms with van der Waals surface area (Å²) in [6.45, 7) is 0. The maximum Gasteiger partial charge on any atom is 2.00 e. The van der Waals surface area contributed by atoms with Crippen LogP contribution in [0.4, 0.5) is 0 Å². The van der Waals surface area contributed by atoms with E-state index in [4.69, 9.17) is 0 Å². The first kappa shape index (κ1) is 30.7. The molecule has 4 radical (unpaired) electrons. The maximum absolute atomic E-state index is 0. The molecular formula is Cu2PbZn+4. The third-order valence-electron chi connectivity index (χ3n) is 0. The second-order valence-electron chi connectivity index (χ2n) is 0. The van der Waals surface area contributed by atoms with Crippen molar-refractivity contribution in [1.82, 2.24) is 0 Å². The van der Waals surface area contributed by atoms with E-state index in [-0.39, 0.29) is 80.9 Å². The predicted molar refractivity (Wildman–Crippen MR) is 5.75 cm³/mol. The number of hydrogen-bond acceptors (Lipinski definition) is 0. The van der Waals surface area contributed by atoms with Crippen LogP contribution in [0.1, 0.15) is 0 Å². The van der Waals surface area contributed by atoms with Crippen molar-refractivity contribution in [2.45, 2.75) is 0 Å². The Morgan fingerprint density at radius 1 is 0.750 bits per heavy atom. The summed E-state index contributed by atoms with van der Waals surface area (Å²) >= 11 is 0. The van der Waals surface area contributed by atoms with Crippen LogP contribution < -0.4 is 0 Å². The maximum atomic E-state index is 0. The molecule has 0 spiro atoms. The van der Waals surface area contributed by atoms with Crippen molar-refractivity contribution >= 4 is 27.3 Å². The fraction of sp³-hybridized carbons (Fsp3) is 0. The van der Waals surface area contributed by atoms with E-state index in [2.05, 4.69) is 0 Å². The van der Waals surface area contributed by atoms with Crippen molar-refractivity contribution in [1.29, 1.82) is 0 Å². The number of rotatable bonds is 0. The SMILES string of the molecule is [Cu+].[Cu+].[Pb].[Zn+2]. The van der Waals surface area contributed by atoms with Gasteiger partial charge in [-0.15, -0.1) is 0 Å². The van der Waals surface area contributed by atoms with Crippen molar-refractivity contribution in [2.24, 2.45) is 0 Å². The molecule has 24 valence electrons. The minimum Gasteiger partial charge on any atom is 0 e. The van der Waals surface area contributed by atoms with Gasteiger partial charge in [-0.25, -0.2) is 0 Å². The Kier molecular flexibility index (Phi) is 135. The zero-order valence-corrected chi connectivity index (χ0v) is 10.5. The van der Waals surface area contributed by atoms with Crippen molar-refractivity contribution in [3.05, 3.63) is 0 Å². The Bertz CT molecular complexity index is 6.00. The molecule has 4 heavy (non-hydrogen) atoms. The van der Waals surface area contributed by atoms with Crippen LogP contribution in [-0.4, -0.2) is 27.3 Å². The van der Waals surface area contributed by atoms with Crippen LogP contribution in [0.5, 0.6) is 0 Å². The van der Waals surface area contributed by atoms with Gasteiger partial charge in [-0.1, -0.05) is 0 Å². The first-order valence-corrected chi connectivity index (χ1v) is 0. The van der Waals surface area contributed by atoms with Gasteiger partial charge in [-0.3, -0.25) is 0 Å². The fourth-order valence-corrected chi connectivity index (χ4v) is 0. The van der Waals surface area contributed by atoms with Gasteiger partial charge in [0.1, 0.15) is 0 Å². The molecule has 0 fully saturated rings. The largest absolute Gasteiger partial charge is 2.00 e. The van der Waals surface area contributed by atoms with Gasteiger partial charge in [0, 0.05) is 27.3 Å². The van der Waals surface area contributed by atoms with Gasteiger partial charge in [0.05, 0.1) is 0 Å². The third-order valence-corrected chi connectivity index (χ3v) is 0. The smallest absolute Gasteiger partial charge is 0 e. The molecule has 0 saturated heterocycles.